The first-order valence-corrected chi connectivity index (χ1v) is 9.61. The Hall–Kier alpha value is -4.34. The van der Waals surface area contributed by atoms with Crippen LogP contribution in [-0.4, -0.2) is 24.1 Å². The molecule has 0 aliphatic carbocycles. The summed E-state index contributed by atoms with van der Waals surface area (Å²) < 4.78 is 10.2. The van der Waals surface area contributed by atoms with Crippen LogP contribution in [0.5, 0.6) is 11.5 Å². The lowest BCUT2D eigenvalue weighted by atomic mass is 10.1. The fraction of sp³-hybridized carbons (Fsp3) is 0.182. The van der Waals surface area contributed by atoms with Gasteiger partial charge in [-0.3, -0.25) is 20.2 Å². The van der Waals surface area contributed by atoms with Crippen molar-refractivity contribution >= 4 is 22.7 Å². The molecular weight excluding hydrogens is 416 g/mol. The predicted octanol–water partition coefficient (Wildman–Crippen LogP) is 4.74. The summed E-state index contributed by atoms with van der Waals surface area (Å²) in [5.74, 6) is 1.39. The maximum Gasteiger partial charge on any atom is 0.299 e. The maximum absolute atomic E-state index is 11.5. The van der Waals surface area contributed by atoms with Crippen molar-refractivity contribution in [1.29, 1.82) is 0 Å². The Morgan fingerprint density at radius 3 is 1.38 bits per heavy atom. The molecule has 0 aliphatic rings. The molecule has 0 amide bonds. The van der Waals surface area contributed by atoms with Gasteiger partial charge in [0.1, 0.15) is 22.9 Å². The highest BCUT2D eigenvalue weighted by Gasteiger charge is 2.24. The summed E-state index contributed by atoms with van der Waals surface area (Å²) in [6.45, 7) is 0.584. The zero-order chi connectivity index (χ0) is 23.1. The first-order chi connectivity index (χ1) is 15.4. The van der Waals surface area contributed by atoms with Crippen LogP contribution in [0.15, 0.2) is 60.7 Å². The van der Waals surface area contributed by atoms with E-state index in [-0.39, 0.29) is 22.7 Å². The second-order valence-corrected chi connectivity index (χ2v) is 6.80. The van der Waals surface area contributed by atoms with Gasteiger partial charge in [0.25, 0.3) is 11.4 Å². The van der Waals surface area contributed by atoms with Gasteiger partial charge < -0.3 is 20.1 Å². The first kappa shape index (κ1) is 22.3. The van der Waals surface area contributed by atoms with Crippen molar-refractivity contribution in [3.05, 3.63) is 92.0 Å². The number of nitro benzene ring substituents is 2. The van der Waals surface area contributed by atoms with Crippen molar-refractivity contribution in [2.75, 3.05) is 24.9 Å². The standard InChI is InChI=1S/C22H22N4O6/c1-31-17-7-3-15(4-8-17)13-23-19-11-20(22(26(29)30)12-21(19)25(27)28)24-14-16-5-9-18(32-2)10-6-16/h3-12,23-24H,13-14H2,1-2H3. The molecule has 0 heterocycles. The topological polar surface area (TPSA) is 129 Å². The van der Waals surface area contributed by atoms with Crippen molar-refractivity contribution in [1.82, 2.24) is 0 Å². The molecule has 0 saturated heterocycles. The monoisotopic (exact) mass is 438 g/mol. The minimum absolute atomic E-state index is 0.175. The van der Waals surface area contributed by atoms with Gasteiger partial charge in [-0.2, -0.15) is 0 Å². The Morgan fingerprint density at radius 1 is 0.688 bits per heavy atom. The van der Waals surface area contributed by atoms with Crippen LogP contribution in [0.1, 0.15) is 11.1 Å². The summed E-state index contributed by atoms with van der Waals surface area (Å²) in [6.07, 6.45) is 0. The number of nitrogens with zero attached hydrogens (tertiary/aromatic N) is 2. The molecule has 32 heavy (non-hydrogen) atoms. The summed E-state index contributed by atoms with van der Waals surface area (Å²) in [5.41, 5.74) is 1.33. The van der Waals surface area contributed by atoms with E-state index in [9.17, 15) is 20.2 Å². The number of rotatable bonds is 10. The number of hydrogen-bond donors (Lipinski definition) is 2. The van der Waals surface area contributed by atoms with Crippen molar-refractivity contribution in [3.8, 4) is 11.5 Å². The minimum atomic E-state index is -0.642. The molecule has 3 rings (SSSR count). The van der Waals surface area contributed by atoms with Crippen molar-refractivity contribution in [2.24, 2.45) is 0 Å². The number of hydrogen-bond acceptors (Lipinski definition) is 8. The molecule has 0 unspecified atom stereocenters. The van der Waals surface area contributed by atoms with E-state index >= 15 is 0 Å². The van der Waals surface area contributed by atoms with Gasteiger partial charge in [0, 0.05) is 13.1 Å². The van der Waals surface area contributed by atoms with Gasteiger partial charge in [-0.05, 0) is 41.5 Å². The fourth-order valence-corrected chi connectivity index (χ4v) is 3.04. The molecule has 3 aromatic rings. The van der Waals surface area contributed by atoms with Gasteiger partial charge in [0.15, 0.2) is 0 Å². The van der Waals surface area contributed by atoms with Gasteiger partial charge in [-0.1, -0.05) is 24.3 Å². The SMILES string of the molecule is COc1ccc(CNc2cc(NCc3ccc(OC)cc3)c([N+](=O)[O-])cc2[N+](=O)[O-])cc1. The van der Waals surface area contributed by atoms with Crippen LogP contribution in [0.4, 0.5) is 22.7 Å². The molecule has 0 aromatic heterocycles. The number of nitro groups is 2. The van der Waals surface area contributed by atoms with E-state index in [1.165, 1.54) is 6.07 Å². The number of nitrogens with one attached hydrogen (secondary N) is 2. The van der Waals surface area contributed by atoms with Crippen molar-refractivity contribution in [3.63, 3.8) is 0 Å². The molecule has 3 aromatic carbocycles. The third-order valence-electron chi connectivity index (χ3n) is 4.79. The van der Waals surface area contributed by atoms with E-state index in [1.807, 2.05) is 24.3 Å². The smallest absolute Gasteiger partial charge is 0.299 e. The third-order valence-corrected chi connectivity index (χ3v) is 4.79. The van der Waals surface area contributed by atoms with E-state index < -0.39 is 9.85 Å². The molecular formula is C22H22N4O6. The van der Waals surface area contributed by atoms with Gasteiger partial charge in [-0.15, -0.1) is 0 Å². The average molecular weight is 438 g/mol. The first-order valence-electron chi connectivity index (χ1n) is 9.61. The Balaban J connectivity index is 1.85. The zero-order valence-corrected chi connectivity index (χ0v) is 17.5. The largest absolute Gasteiger partial charge is 0.497 e. The van der Waals surface area contributed by atoms with Crippen molar-refractivity contribution < 1.29 is 19.3 Å². The quantitative estimate of drug-likeness (QED) is 0.343. The van der Waals surface area contributed by atoms with Crippen LogP contribution in [0.25, 0.3) is 0 Å². The summed E-state index contributed by atoms with van der Waals surface area (Å²) in [4.78, 5) is 21.8. The molecule has 10 nitrogen and oxygen atoms in total. The fourth-order valence-electron chi connectivity index (χ4n) is 3.04. The molecule has 166 valence electrons. The molecule has 10 heteroatoms. The molecule has 0 atom stereocenters. The Morgan fingerprint density at radius 2 is 1.06 bits per heavy atom. The second kappa shape index (κ2) is 10.1. The summed E-state index contributed by atoms with van der Waals surface area (Å²) >= 11 is 0. The molecule has 0 fully saturated rings. The van der Waals surface area contributed by atoms with Crippen LogP contribution >= 0.6 is 0 Å². The Bertz CT molecular complexity index is 1020. The lowest BCUT2D eigenvalue weighted by molar-refractivity contribution is -0.393. The van der Waals surface area contributed by atoms with Gasteiger partial charge in [0.05, 0.1) is 30.1 Å². The molecule has 0 spiro atoms. The van der Waals surface area contributed by atoms with Crippen LogP contribution in [-0.2, 0) is 13.1 Å². The average Bonchev–Trinajstić information content (AvgIpc) is 2.81. The van der Waals surface area contributed by atoms with Gasteiger partial charge in [0.2, 0.25) is 0 Å². The van der Waals surface area contributed by atoms with Gasteiger partial charge in [-0.25, -0.2) is 0 Å². The predicted molar refractivity (Wildman–Crippen MR) is 120 cm³/mol. The molecule has 0 bridgehead atoms. The number of ether oxygens (including phenoxy) is 2. The van der Waals surface area contributed by atoms with Crippen LogP contribution in [0.2, 0.25) is 0 Å². The van der Waals surface area contributed by atoms with Crippen LogP contribution in [0, 0.1) is 20.2 Å². The molecule has 0 radical (unpaired) electrons. The van der Waals surface area contributed by atoms with Gasteiger partial charge >= 0.3 is 0 Å². The van der Waals surface area contributed by atoms with Crippen LogP contribution in [0.3, 0.4) is 0 Å². The normalized spacial score (nSPS) is 10.3. The van der Waals surface area contributed by atoms with E-state index in [2.05, 4.69) is 10.6 Å². The number of benzene rings is 3. The highest BCUT2D eigenvalue weighted by atomic mass is 16.6. The second-order valence-electron chi connectivity index (χ2n) is 6.80. The molecule has 2 N–H and O–H groups in total. The number of anilines is 2. The van der Waals surface area contributed by atoms with Crippen molar-refractivity contribution in [2.45, 2.75) is 13.1 Å². The zero-order valence-electron chi connectivity index (χ0n) is 17.5. The molecule has 0 saturated carbocycles. The maximum atomic E-state index is 11.5. The lowest BCUT2D eigenvalue weighted by Crippen LogP contribution is -2.07. The van der Waals surface area contributed by atoms with E-state index in [0.717, 1.165) is 17.2 Å². The summed E-state index contributed by atoms with van der Waals surface area (Å²) in [7, 11) is 3.13. The minimum Gasteiger partial charge on any atom is -0.497 e. The highest BCUT2D eigenvalue weighted by Crippen LogP contribution is 2.36. The summed E-state index contributed by atoms with van der Waals surface area (Å²) in [6, 6.07) is 16.8. The van der Waals surface area contributed by atoms with E-state index in [1.54, 1.807) is 38.5 Å². The highest BCUT2D eigenvalue weighted by molar-refractivity contribution is 5.77. The Labute approximate surface area is 184 Å². The third kappa shape index (κ3) is 5.42. The Kier molecular flexibility index (Phi) is 7.06. The summed E-state index contributed by atoms with van der Waals surface area (Å²) in [5, 5.41) is 29.1. The van der Waals surface area contributed by atoms with Crippen LogP contribution < -0.4 is 20.1 Å². The lowest BCUT2D eigenvalue weighted by Gasteiger charge is -2.12. The van der Waals surface area contributed by atoms with E-state index in [4.69, 9.17) is 9.47 Å². The van der Waals surface area contributed by atoms with E-state index in [0.29, 0.717) is 24.6 Å². The molecule has 0 aliphatic heterocycles. The number of methoxy groups -OCH3 is 2.